The first-order chi connectivity index (χ1) is 22.3. The average Bonchev–Trinajstić information content (AvgIpc) is 3.65. The number of halogens is 6. The van der Waals surface area contributed by atoms with Gasteiger partial charge < -0.3 is 0 Å². The molecule has 0 bridgehead atoms. The first-order valence-electron chi connectivity index (χ1n) is 16.1. The fraction of sp³-hybridized carbons (Fsp3) is 0.293. The SMILES string of the molecule is CC(C)(C)c1ccc2c(c1)-c1cc(C(C)(C)C)ccc1[CH]2[Zr]([C]1=CC=CC1)=[C](c1ccc(C(F)(F)F)cc1)c1ccc(C(F)(F)F)cc1. The van der Waals surface area contributed by atoms with E-state index in [1.165, 1.54) is 49.8 Å². The molecule has 6 rings (SSSR count). The van der Waals surface area contributed by atoms with Crippen LogP contribution in [0.25, 0.3) is 11.1 Å². The van der Waals surface area contributed by atoms with E-state index >= 15 is 0 Å². The van der Waals surface area contributed by atoms with Crippen LogP contribution < -0.4 is 0 Å². The summed E-state index contributed by atoms with van der Waals surface area (Å²) < 4.78 is 84.3. The van der Waals surface area contributed by atoms with Crippen LogP contribution in [0.2, 0.25) is 0 Å². The molecule has 0 saturated heterocycles. The number of alkyl halides is 6. The van der Waals surface area contributed by atoms with E-state index in [-0.39, 0.29) is 14.5 Å². The molecule has 0 aliphatic heterocycles. The molecule has 0 spiro atoms. The Hall–Kier alpha value is -3.31. The van der Waals surface area contributed by atoms with Gasteiger partial charge in [-0.3, -0.25) is 0 Å². The number of hydrogen-bond donors (Lipinski definition) is 0. The zero-order valence-electron chi connectivity index (χ0n) is 27.9. The third-order valence-corrected chi connectivity index (χ3v) is 17.7. The molecule has 0 N–H and O–H groups in total. The molecule has 0 atom stereocenters. The monoisotopic (exact) mass is 734 g/mol. The molecule has 0 saturated carbocycles. The van der Waals surface area contributed by atoms with Gasteiger partial charge in [0.15, 0.2) is 0 Å². The zero-order valence-corrected chi connectivity index (χ0v) is 30.3. The van der Waals surface area contributed by atoms with Gasteiger partial charge in [-0.15, -0.1) is 0 Å². The molecule has 0 aromatic heterocycles. The van der Waals surface area contributed by atoms with Crippen LogP contribution >= 0.6 is 0 Å². The van der Waals surface area contributed by atoms with Crippen LogP contribution in [0.1, 0.15) is 96.1 Å². The van der Waals surface area contributed by atoms with E-state index in [0.717, 1.165) is 38.6 Å². The second-order valence-electron chi connectivity index (χ2n) is 14.8. The minimum absolute atomic E-state index is 0.0360. The van der Waals surface area contributed by atoms with Gasteiger partial charge >= 0.3 is 288 Å². The van der Waals surface area contributed by atoms with Crippen molar-refractivity contribution in [2.45, 2.75) is 74.8 Å². The topological polar surface area (TPSA) is 0 Å². The van der Waals surface area contributed by atoms with Crippen LogP contribution in [0.4, 0.5) is 26.3 Å². The predicted octanol–water partition coefficient (Wildman–Crippen LogP) is 12.1. The Balaban J connectivity index is 1.70. The predicted molar refractivity (Wildman–Crippen MR) is 179 cm³/mol. The molecule has 0 amide bonds. The molecule has 0 unspecified atom stereocenters. The molecule has 4 aromatic carbocycles. The Kier molecular flexibility index (Phi) is 8.80. The summed E-state index contributed by atoms with van der Waals surface area (Å²) in [6.07, 6.45) is -2.06. The van der Waals surface area contributed by atoms with Crippen molar-refractivity contribution in [1.29, 1.82) is 0 Å². The Morgan fingerprint density at radius 1 is 0.562 bits per heavy atom. The van der Waals surface area contributed by atoms with Crippen molar-refractivity contribution in [3.05, 3.63) is 151 Å². The number of hydrogen-bond acceptors (Lipinski definition) is 0. The van der Waals surface area contributed by atoms with Gasteiger partial charge in [-0.2, -0.15) is 0 Å². The first kappa shape index (κ1) is 34.6. The third-order valence-electron chi connectivity index (χ3n) is 9.43. The van der Waals surface area contributed by atoms with Gasteiger partial charge in [0.25, 0.3) is 0 Å². The zero-order chi connectivity index (χ0) is 34.8. The summed E-state index contributed by atoms with van der Waals surface area (Å²) in [5.41, 5.74) is 6.65. The second-order valence-corrected chi connectivity index (χ2v) is 21.1. The number of fused-ring (bicyclic) bond motifs is 3. The van der Waals surface area contributed by atoms with Crippen molar-refractivity contribution < 1.29 is 47.6 Å². The molecule has 48 heavy (non-hydrogen) atoms. The summed E-state index contributed by atoms with van der Waals surface area (Å²) >= 11 is -3.32. The second kappa shape index (κ2) is 12.2. The number of benzene rings is 4. The molecule has 2 aliphatic carbocycles. The normalized spacial score (nSPS) is 15.0. The number of allylic oxidation sites excluding steroid dienone is 4. The Morgan fingerprint density at radius 3 is 1.29 bits per heavy atom. The van der Waals surface area contributed by atoms with Crippen molar-refractivity contribution in [3.8, 4) is 11.1 Å². The van der Waals surface area contributed by atoms with Crippen molar-refractivity contribution in [2.24, 2.45) is 0 Å². The van der Waals surface area contributed by atoms with Crippen LogP contribution in [0.3, 0.4) is 0 Å². The van der Waals surface area contributed by atoms with Crippen molar-refractivity contribution in [1.82, 2.24) is 0 Å². The Labute approximate surface area is 286 Å². The van der Waals surface area contributed by atoms with Crippen LogP contribution in [0.15, 0.2) is 106 Å². The van der Waals surface area contributed by atoms with E-state index in [9.17, 15) is 26.3 Å². The molecule has 0 heterocycles. The average molecular weight is 736 g/mol. The van der Waals surface area contributed by atoms with E-state index in [0.29, 0.717) is 17.5 Å². The summed E-state index contributed by atoms with van der Waals surface area (Å²) in [5, 5.41) is 0. The van der Waals surface area contributed by atoms with Gasteiger partial charge in [-0.25, -0.2) is 0 Å². The van der Waals surface area contributed by atoms with E-state index in [1.807, 2.05) is 6.08 Å². The van der Waals surface area contributed by atoms with Crippen LogP contribution in [0.5, 0.6) is 0 Å². The molecule has 2 aliphatic rings. The molecule has 0 fully saturated rings. The summed E-state index contributed by atoms with van der Waals surface area (Å²) in [4.78, 5) is 0. The van der Waals surface area contributed by atoms with Crippen LogP contribution in [-0.2, 0) is 44.4 Å². The van der Waals surface area contributed by atoms with Gasteiger partial charge in [0, 0.05) is 0 Å². The van der Waals surface area contributed by atoms with Gasteiger partial charge in [-0.1, -0.05) is 0 Å². The Morgan fingerprint density at radius 2 is 0.958 bits per heavy atom. The van der Waals surface area contributed by atoms with Crippen LogP contribution in [-0.4, -0.2) is 3.21 Å². The molecular weight excluding hydrogens is 698 g/mol. The maximum atomic E-state index is 13.7. The third kappa shape index (κ3) is 6.64. The van der Waals surface area contributed by atoms with Crippen molar-refractivity contribution >= 4 is 3.21 Å². The molecule has 248 valence electrons. The maximum absolute atomic E-state index is 13.7. The fourth-order valence-electron chi connectivity index (χ4n) is 6.76. The summed E-state index contributed by atoms with van der Waals surface area (Å²) in [6.45, 7) is 13.1. The summed E-state index contributed by atoms with van der Waals surface area (Å²) in [6, 6.07) is 23.7. The van der Waals surface area contributed by atoms with E-state index in [1.54, 1.807) is 0 Å². The first-order valence-corrected chi connectivity index (χ1v) is 20.0. The van der Waals surface area contributed by atoms with Crippen LogP contribution in [0, 0.1) is 0 Å². The van der Waals surface area contributed by atoms with E-state index in [4.69, 9.17) is 0 Å². The van der Waals surface area contributed by atoms with Gasteiger partial charge in [-0.05, 0) is 0 Å². The molecule has 0 radical (unpaired) electrons. The van der Waals surface area contributed by atoms with Gasteiger partial charge in [0.1, 0.15) is 0 Å². The minimum atomic E-state index is -4.51. The standard InChI is InChI=1S/C21H25.C15H8F6.C5H5.Zr/c1-20(2,3)16-9-7-14-11-15-8-10-17(21(4,5)6)13-19(15)18(14)12-16;16-14(17,18)12-5-1-10(2-6-12)9-11-3-7-13(8-4-11)15(19,20)21;1-2-4-5-3-1;/h7-13H,1-6H3;1-8H;1-3H,4H2;. The summed E-state index contributed by atoms with van der Waals surface area (Å²) in [5.74, 6) is 0. The van der Waals surface area contributed by atoms with E-state index in [2.05, 4.69) is 90.1 Å². The van der Waals surface area contributed by atoms with Gasteiger partial charge in [0.2, 0.25) is 0 Å². The van der Waals surface area contributed by atoms with Crippen molar-refractivity contribution in [3.63, 3.8) is 0 Å². The van der Waals surface area contributed by atoms with Gasteiger partial charge in [0.05, 0.1) is 0 Å². The van der Waals surface area contributed by atoms with Crippen molar-refractivity contribution in [2.75, 3.05) is 0 Å². The summed E-state index contributed by atoms with van der Waals surface area (Å²) in [7, 11) is 0. The quantitative estimate of drug-likeness (QED) is 0.183. The molecular formula is C41H38F6Zr. The fourth-order valence-corrected chi connectivity index (χ4v) is 15.8. The molecule has 7 heteroatoms. The number of rotatable bonds is 4. The van der Waals surface area contributed by atoms with E-state index < -0.39 is 44.7 Å². The molecule has 4 aromatic rings. The Bertz CT molecular complexity index is 1830. The molecule has 0 nitrogen and oxygen atoms in total.